The van der Waals surface area contributed by atoms with Crippen molar-refractivity contribution in [2.75, 3.05) is 6.54 Å². The molecular weight excluding hydrogens is 222 g/mol. The van der Waals surface area contributed by atoms with E-state index in [9.17, 15) is 9.59 Å². The van der Waals surface area contributed by atoms with Crippen LogP contribution >= 0.6 is 0 Å². The lowest BCUT2D eigenvalue weighted by molar-refractivity contribution is -0.135. The molecule has 92 valence electrons. The van der Waals surface area contributed by atoms with Crippen molar-refractivity contribution in [2.45, 2.75) is 19.8 Å². The van der Waals surface area contributed by atoms with E-state index in [1.165, 1.54) is 0 Å². The zero-order valence-electron chi connectivity index (χ0n) is 9.77. The smallest absolute Gasteiger partial charge is 0.413 e. The summed E-state index contributed by atoms with van der Waals surface area (Å²) in [5, 5.41) is 10.5. The third kappa shape index (κ3) is 4.14. The van der Waals surface area contributed by atoms with E-state index >= 15 is 0 Å². The Kier molecular flexibility index (Phi) is 4.51. The molecule has 0 atom stereocenters. The lowest BCUT2D eigenvalue weighted by Gasteiger charge is -2.12. The van der Waals surface area contributed by atoms with E-state index in [1.54, 1.807) is 12.1 Å². The largest absolute Gasteiger partial charge is 0.480 e. The maximum Gasteiger partial charge on any atom is 0.413 e. The van der Waals surface area contributed by atoms with Gasteiger partial charge in [0.15, 0.2) is 0 Å². The molecule has 0 aliphatic rings. The Morgan fingerprint density at radius 2 is 2.00 bits per heavy atom. The topological polar surface area (TPSA) is 75.6 Å². The van der Waals surface area contributed by atoms with Crippen LogP contribution in [-0.2, 0) is 4.79 Å². The fraction of sp³-hybridized carbons (Fsp3) is 0.333. The van der Waals surface area contributed by atoms with Gasteiger partial charge in [-0.05, 0) is 17.5 Å². The first-order valence-electron chi connectivity index (χ1n) is 5.27. The van der Waals surface area contributed by atoms with Gasteiger partial charge in [-0.15, -0.1) is 0 Å². The number of carboxylic acid groups (broad SMARTS) is 1. The van der Waals surface area contributed by atoms with Gasteiger partial charge in [-0.25, -0.2) is 4.79 Å². The van der Waals surface area contributed by atoms with Crippen LogP contribution in [-0.4, -0.2) is 23.7 Å². The number of hydrogen-bond acceptors (Lipinski definition) is 3. The van der Waals surface area contributed by atoms with E-state index < -0.39 is 18.6 Å². The summed E-state index contributed by atoms with van der Waals surface area (Å²) in [6, 6.07) is 7.16. The molecule has 5 nitrogen and oxygen atoms in total. The molecule has 5 heteroatoms. The normalized spacial score (nSPS) is 10.1. The maximum atomic E-state index is 11.3. The van der Waals surface area contributed by atoms with Gasteiger partial charge >= 0.3 is 12.1 Å². The second kappa shape index (κ2) is 5.89. The molecule has 0 saturated carbocycles. The molecule has 1 aromatic rings. The van der Waals surface area contributed by atoms with Crippen LogP contribution in [0.1, 0.15) is 25.3 Å². The van der Waals surface area contributed by atoms with Crippen molar-refractivity contribution in [3.63, 3.8) is 0 Å². The molecule has 0 fully saturated rings. The molecule has 0 aromatic heterocycles. The summed E-state index contributed by atoms with van der Waals surface area (Å²) in [4.78, 5) is 21.6. The predicted octanol–water partition coefficient (Wildman–Crippen LogP) is 1.98. The number of ether oxygens (including phenoxy) is 1. The summed E-state index contributed by atoms with van der Waals surface area (Å²) < 4.78 is 5.04. The number of carboxylic acids is 1. The zero-order valence-corrected chi connectivity index (χ0v) is 9.77. The van der Waals surface area contributed by atoms with E-state index in [1.807, 2.05) is 26.0 Å². The Bertz CT molecular complexity index is 415. The molecule has 1 amide bonds. The number of rotatable bonds is 4. The molecule has 0 spiro atoms. The van der Waals surface area contributed by atoms with Crippen LogP contribution in [0.25, 0.3) is 0 Å². The summed E-state index contributed by atoms with van der Waals surface area (Å²) in [6.45, 7) is 3.51. The minimum atomic E-state index is -1.11. The average Bonchev–Trinajstić information content (AvgIpc) is 2.27. The van der Waals surface area contributed by atoms with E-state index in [-0.39, 0.29) is 5.92 Å². The Morgan fingerprint density at radius 3 is 2.59 bits per heavy atom. The predicted molar refractivity (Wildman–Crippen MR) is 62.2 cm³/mol. The fourth-order valence-electron chi connectivity index (χ4n) is 1.33. The lowest BCUT2D eigenvalue weighted by atomic mass is 10.0. The number of carbonyl (C=O) groups excluding carboxylic acids is 1. The van der Waals surface area contributed by atoms with E-state index in [0.717, 1.165) is 5.56 Å². The van der Waals surface area contributed by atoms with Crippen molar-refractivity contribution in [3.8, 4) is 5.75 Å². The average molecular weight is 237 g/mol. The van der Waals surface area contributed by atoms with Crippen molar-refractivity contribution < 1.29 is 19.4 Å². The molecule has 0 bridgehead atoms. The maximum absolute atomic E-state index is 11.3. The van der Waals surface area contributed by atoms with Gasteiger partial charge in [-0.1, -0.05) is 32.0 Å². The highest BCUT2D eigenvalue weighted by Gasteiger charge is 2.11. The van der Waals surface area contributed by atoms with Gasteiger partial charge in [-0.2, -0.15) is 0 Å². The minimum Gasteiger partial charge on any atom is -0.480 e. The van der Waals surface area contributed by atoms with Crippen molar-refractivity contribution in [2.24, 2.45) is 0 Å². The van der Waals surface area contributed by atoms with Gasteiger partial charge < -0.3 is 15.2 Å². The number of carbonyl (C=O) groups is 2. The molecule has 0 aliphatic heterocycles. The van der Waals surface area contributed by atoms with E-state index in [0.29, 0.717) is 5.75 Å². The second-order valence-corrected chi connectivity index (χ2v) is 3.83. The minimum absolute atomic E-state index is 0.221. The number of amides is 1. The van der Waals surface area contributed by atoms with Gasteiger partial charge in [-0.3, -0.25) is 4.79 Å². The van der Waals surface area contributed by atoms with Crippen LogP contribution in [0.15, 0.2) is 24.3 Å². The first-order valence-corrected chi connectivity index (χ1v) is 5.27. The SMILES string of the molecule is CC(C)c1ccccc1OC(=O)NCC(=O)O. The van der Waals surface area contributed by atoms with Gasteiger partial charge in [0.1, 0.15) is 12.3 Å². The Morgan fingerprint density at radius 1 is 1.35 bits per heavy atom. The molecule has 0 radical (unpaired) electrons. The van der Waals surface area contributed by atoms with Crippen LogP contribution in [0, 0.1) is 0 Å². The van der Waals surface area contributed by atoms with Gasteiger partial charge in [0.25, 0.3) is 0 Å². The van der Waals surface area contributed by atoms with E-state index in [4.69, 9.17) is 9.84 Å². The number of aliphatic carboxylic acids is 1. The van der Waals surface area contributed by atoms with Crippen molar-refractivity contribution in [3.05, 3.63) is 29.8 Å². The van der Waals surface area contributed by atoms with Gasteiger partial charge in [0.05, 0.1) is 0 Å². The molecule has 2 N–H and O–H groups in total. The first-order chi connectivity index (χ1) is 8.00. The quantitative estimate of drug-likeness (QED) is 0.839. The molecule has 1 aromatic carbocycles. The summed E-state index contributed by atoms with van der Waals surface area (Å²) in [5.41, 5.74) is 0.901. The first kappa shape index (κ1) is 13.0. The third-order valence-electron chi connectivity index (χ3n) is 2.13. The highest BCUT2D eigenvalue weighted by molar-refractivity contribution is 5.77. The van der Waals surface area contributed by atoms with Gasteiger partial charge in [0.2, 0.25) is 0 Å². The summed E-state index contributed by atoms with van der Waals surface area (Å²) >= 11 is 0. The molecule has 17 heavy (non-hydrogen) atoms. The number of benzene rings is 1. The van der Waals surface area contributed by atoms with Crippen LogP contribution in [0.5, 0.6) is 5.75 Å². The summed E-state index contributed by atoms with van der Waals surface area (Å²) in [7, 11) is 0. The molecule has 0 unspecified atom stereocenters. The fourth-order valence-corrected chi connectivity index (χ4v) is 1.33. The molecular formula is C12H15NO4. The number of hydrogen-bond donors (Lipinski definition) is 2. The Balaban J connectivity index is 2.68. The van der Waals surface area contributed by atoms with E-state index in [2.05, 4.69) is 5.32 Å². The van der Waals surface area contributed by atoms with Crippen LogP contribution in [0.3, 0.4) is 0 Å². The third-order valence-corrected chi connectivity index (χ3v) is 2.13. The Labute approximate surface area is 99.4 Å². The highest BCUT2D eigenvalue weighted by Crippen LogP contribution is 2.25. The highest BCUT2D eigenvalue weighted by atomic mass is 16.6. The van der Waals surface area contributed by atoms with Crippen molar-refractivity contribution in [1.82, 2.24) is 5.32 Å². The molecule has 0 aliphatic carbocycles. The van der Waals surface area contributed by atoms with Crippen molar-refractivity contribution >= 4 is 12.1 Å². The monoisotopic (exact) mass is 237 g/mol. The van der Waals surface area contributed by atoms with Crippen LogP contribution in [0.2, 0.25) is 0 Å². The van der Waals surface area contributed by atoms with Gasteiger partial charge in [0, 0.05) is 0 Å². The molecule has 1 rings (SSSR count). The molecule has 0 saturated heterocycles. The summed E-state index contributed by atoms with van der Waals surface area (Å²) in [5.74, 6) is -0.442. The number of nitrogens with one attached hydrogen (secondary N) is 1. The second-order valence-electron chi connectivity index (χ2n) is 3.83. The van der Waals surface area contributed by atoms with Crippen LogP contribution < -0.4 is 10.1 Å². The number of para-hydroxylation sites is 1. The van der Waals surface area contributed by atoms with Crippen LogP contribution in [0.4, 0.5) is 4.79 Å². The van der Waals surface area contributed by atoms with Crippen molar-refractivity contribution in [1.29, 1.82) is 0 Å². The standard InChI is InChI=1S/C12H15NO4/c1-8(2)9-5-3-4-6-10(9)17-12(16)13-7-11(14)15/h3-6,8H,7H2,1-2H3,(H,13,16)(H,14,15). The Hall–Kier alpha value is -2.04. The lowest BCUT2D eigenvalue weighted by Crippen LogP contribution is -2.31. The molecule has 0 heterocycles. The zero-order chi connectivity index (χ0) is 12.8. The summed E-state index contributed by atoms with van der Waals surface area (Å²) in [6.07, 6.45) is -0.763.